The van der Waals surface area contributed by atoms with Gasteiger partial charge in [-0.3, -0.25) is 14.8 Å². The molecule has 1 saturated carbocycles. The zero-order chi connectivity index (χ0) is 40.1. The fraction of sp³-hybridized carbons (Fsp3) is 0.591. The molecular weight excluding hydrogens is 767 g/mol. The second kappa shape index (κ2) is 21.6. The van der Waals surface area contributed by atoms with E-state index in [2.05, 4.69) is 34.7 Å². The van der Waals surface area contributed by atoms with Crippen LogP contribution in [0.3, 0.4) is 0 Å². The summed E-state index contributed by atoms with van der Waals surface area (Å²) in [6.45, 7) is 20.3. The van der Waals surface area contributed by atoms with Crippen LogP contribution in [0.2, 0.25) is 10.0 Å². The van der Waals surface area contributed by atoms with Crippen molar-refractivity contribution in [1.82, 2.24) is 19.8 Å². The SMILES string of the molecule is CC(C)Oc1cc(C2CCCCC2)nc2c(Cl)c(OCCN3CCOCC3)ccc12.CCOc1cc(OC(C)C)c2ccc(OCCN3CCOCC3)c(Cl)c2n1. The summed E-state index contributed by atoms with van der Waals surface area (Å²) in [5.74, 6) is 3.88. The molecule has 0 spiro atoms. The van der Waals surface area contributed by atoms with Gasteiger partial charge in [0.25, 0.3) is 0 Å². The lowest BCUT2D eigenvalue weighted by Gasteiger charge is -2.26. The average molecular weight is 828 g/mol. The molecule has 7 rings (SSSR count). The summed E-state index contributed by atoms with van der Waals surface area (Å²) in [6.07, 6.45) is 6.36. The summed E-state index contributed by atoms with van der Waals surface area (Å²) in [5, 5.41) is 2.86. The van der Waals surface area contributed by atoms with Crippen LogP contribution in [0, 0.1) is 0 Å². The van der Waals surface area contributed by atoms with Gasteiger partial charge in [-0.2, -0.15) is 0 Å². The van der Waals surface area contributed by atoms with Crippen molar-refractivity contribution in [2.24, 2.45) is 0 Å². The highest BCUT2D eigenvalue weighted by molar-refractivity contribution is 6.37. The molecule has 0 bridgehead atoms. The van der Waals surface area contributed by atoms with Crippen LogP contribution in [0.25, 0.3) is 21.8 Å². The van der Waals surface area contributed by atoms with Crippen molar-refractivity contribution >= 4 is 45.0 Å². The van der Waals surface area contributed by atoms with Crippen molar-refractivity contribution in [3.8, 4) is 28.9 Å². The van der Waals surface area contributed by atoms with Crippen molar-refractivity contribution in [2.45, 2.75) is 84.8 Å². The second-order valence-electron chi connectivity index (χ2n) is 15.3. The Bertz CT molecular complexity index is 1880. The Balaban J connectivity index is 0.000000194. The van der Waals surface area contributed by atoms with Gasteiger partial charge >= 0.3 is 0 Å². The van der Waals surface area contributed by atoms with E-state index in [0.29, 0.717) is 64.4 Å². The van der Waals surface area contributed by atoms with Gasteiger partial charge in [0, 0.05) is 73.8 Å². The minimum atomic E-state index is 0.0355. The highest BCUT2D eigenvalue weighted by Crippen LogP contribution is 2.41. The molecule has 3 aliphatic rings. The maximum absolute atomic E-state index is 6.81. The Morgan fingerprint density at radius 2 is 1.14 bits per heavy atom. The predicted molar refractivity (Wildman–Crippen MR) is 228 cm³/mol. The van der Waals surface area contributed by atoms with E-state index < -0.39 is 0 Å². The summed E-state index contributed by atoms with van der Waals surface area (Å²) in [5.41, 5.74) is 2.52. The first kappa shape index (κ1) is 43.3. The lowest BCUT2D eigenvalue weighted by Crippen LogP contribution is -2.38. The van der Waals surface area contributed by atoms with E-state index in [-0.39, 0.29) is 12.2 Å². The molecule has 312 valence electrons. The van der Waals surface area contributed by atoms with Crippen LogP contribution in [-0.4, -0.2) is 117 Å². The molecule has 4 aromatic rings. The molecule has 2 aromatic heterocycles. The molecule has 2 saturated heterocycles. The Morgan fingerprint density at radius 3 is 1.63 bits per heavy atom. The minimum Gasteiger partial charge on any atom is -0.491 e. The number of pyridine rings is 2. The van der Waals surface area contributed by atoms with Crippen molar-refractivity contribution < 1.29 is 33.2 Å². The molecule has 0 unspecified atom stereocenters. The monoisotopic (exact) mass is 826 g/mol. The lowest BCUT2D eigenvalue weighted by molar-refractivity contribution is 0.0322. The zero-order valence-corrected chi connectivity index (χ0v) is 35.8. The van der Waals surface area contributed by atoms with E-state index >= 15 is 0 Å². The number of fused-ring (bicyclic) bond motifs is 2. The lowest BCUT2D eigenvalue weighted by atomic mass is 9.86. The first-order valence-electron chi connectivity index (χ1n) is 20.8. The summed E-state index contributed by atoms with van der Waals surface area (Å²) >= 11 is 13.4. The number of hydrogen-bond donors (Lipinski definition) is 0. The van der Waals surface area contributed by atoms with Crippen molar-refractivity contribution in [1.29, 1.82) is 0 Å². The van der Waals surface area contributed by atoms with Crippen molar-refractivity contribution in [2.75, 3.05) is 85.5 Å². The van der Waals surface area contributed by atoms with Gasteiger partial charge in [0.1, 0.15) is 51.8 Å². The molecule has 0 atom stereocenters. The highest BCUT2D eigenvalue weighted by Gasteiger charge is 2.22. The molecule has 13 heteroatoms. The summed E-state index contributed by atoms with van der Waals surface area (Å²) in [4.78, 5) is 14.2. The van der Waals surface area contributed by atoms with E-state index in [1.165, 1.54) is 32.1 Å². The van der Waals surface area contributed by atoms with Crippen LogP contribution in [0.1, 0.15) is 78.3 Å². The highest BCUT2D eigenvalue weighted by atomic mass is 35.5. The number of rotatable bonds is 15. The fourth-order valence-electron chi connectivity index (χ4n) is 7.39. The van der Waals surface area contributed by atoms with Crippen LogP contribution in [0.5, 0.6) is 28.9 Å². The van der Waals surface area contributed by atoms with E-state index in [1.807, 2.05) is 45.0 Å². The van der Waals surface area contributed by atoms with Gasteiger partial charge in [-0.25, -0.2) is 4.98 Å². The Labute approximate surface area is 348 Å². The third-order valence-electron chi connectivity index (χ3n) is 10.3. The first-order chi connectivity index (χ1) is 27.7. The Hall–Kier alpha value is -3.32. The maximum atomic E-state index is 6.81. The fourth-order valence-corrected chi connectivity index (χ4v) is 7.91. The largest absolute Gasteiger partial charge is 0.491 e. The van der Waals surface area contributed by atoms with Gasteiger partial charge in [0.2, 0.25) is 5.88 Å². The summed E-state index contributed by atoms with van der Waals surface area (Å²) in [6, 6.07) is 11.7. The summed E-state index contributed by atoms with van der Waals surface area (Å²) in [7, 11) is 0. The van der Waals surface area contributed by atoms with Gasteiger partial charge in [0.05, 0.1) is 50.8 Å². The van der Waals surface area contributed by atoms with Gasteiger partial charge < -0.3 is 33.2 Å². The minimum absolute atomic E-state index is 0.0355. The molecule has 4 heterocycles. The van der Waals surface area contributed by atoms with Crippen LogP contribution in [-0.2, 0) is 9.47 Å². The van der Waals surface area contributed by atoms with Crippen molar-refractivity contribution in [3.63, 3.8) is 0 Å². The second-order valence-corrected chi connectivity index (χ2v) is 16.0. The molecular formula is C44H60Cl2N4O7. The number of hydrogen-bond acceptors (Lipinski definition) is 11. The van der Waals surface area contributed by atoms with Gasteiger partial charge in [-0.1, -0.05) is 42.5 Å². The molecule has 1 aliphatic carbocycles. The number of ether oxygens (including phenoxy) is 7. The number of morpholine rings is 2. The number of aromatic nitrogens is 2. The molecule has 0 amide bonds. The first-order valence-corrected chi connectivity index (χ1v) is 21.5. The van der Waals surface area contributed by atoms with Crippen molar-refractivity contribution in [3.05, 3.63) is 52.1 Å². The summed E-state index contributed by atoms with van der Waals surface area (Å²) < 4.78 is 40.4. The van der Waals surface area contributed by atoms with Crippen LogP contribution >= 0.6 is 23.2 Å². The molecule has 0 radical (unpaired) electrons. The number of halogens is 2. The molecule has 2 aromatic carbocycles. The molecule has 0 N–H and O–H groups in total. The van der Waals surface area contributed by atoms with Gasteiger partial charge in [0.15, 0.2) is 0 Å². The van der Waals surface area contributed by atoms with Crippen LogP contribution < -0.4 is 23.7 Å². The van der Waals surface area contributed by atoms with E-state index in [0.717, 1.165) is 93.4 Å². The molecule has 11 nitrogen and oxygen atoms in total. The zero-order valence-electron chi connectivity index (χ0n) is 34.3. The van der Waals surface area contributed by atoms with E-state index in [1.54, 1.807) is 6.07 Å². The molecule has 3 fully saturated rings. The van der Waals surface area contributed by atoms with E-state index in [9.17, 15) is 0 Å². The van der Waals surface area contributed by atoms with Gasteiger partial charge in [-0.05, 0) is 71.7 Å². The smallest absolute Gasteiger partial charge is 0.217 e. The third-order valence-corrected chi connectivity index (χ3v) is 11.0. The number of nitrogens with zero attached hydrogens (tertiary/aromatic N) is 4. The third kappa shape index (κ3) is 12.1. The quantitative estimate of drug-likeness (QED) is 0.115. The Morgan fingerprint density at radius 1 is 0.649 bits per heavy atom. The normalized spacial score (nSPS) is 17.1. The molecule has 2 aliphatic heterocycles. The average Bonchev–Trinajstić information content (AvgIpc) is 3.21. The van der Waals surface area contributed by atoms with Crippen LogP contribution in [0.4, 0.5) is 0 Å². The van der Waals surface area contributed by atoms with E-state index in [4.69, 9.17) is 61.3 Å². The Kier molecular flexibility index (Phi) is 16.4. The predicted octanol–water partition coefficient (Wildman–Crippen LogP) is 9.22. The maximum Gasteiger partial charge on any atom is 0.217 e. The standard InChI is InChI=1S/C24H33ClN2O3.C20H27ClN2O4/c1-17(2)30-22-16-20(18-6-4-3-5-7-18)26-24-19(22)8-9-21(23(24)25)29-15-12-27-10-13-28-14-11-27;1-4-25-18-13-17(27-14(2)3)15-5-6-16(19(21)20(15)22-18)26-12-9-23-7-10-24-11-8-23/h8-9,16-18H,3-7,10-15H2,1-2H3;5-6,13-14H,4,7-12H2,1-3H3. The molecule has 57 heavy (non-hydrogen) atoms. The van der Waals surface area contributed by atoms with Gasteiger partial charge in [-0.15, -0.1) is 0 Å². The number of benzene rings is 2. The topological polar surface area (TPSA) is 96.9 Å². The van der Waals surface area contributed by atoms with Crippen LogP contribution in [0.15, 0.2) is 36.4 Å².